The van der Waals surface area contributed by atoms with Gasteiger partial charge in [0.05, 0.1) is 34.4 Å². The molecule has 162 valence electrons. The molecule has 1 amide bonds. The first kappa shape index (κ1) is 21.8. The molecule has 7 heteroatoms. The fraction of sp³-hybridized carbons (Fsp3) is 0.435. The number of nitrogens with one attached hydrogen (secondary N) is 1. The number of hydrogen-bond donors (Lipinski definition) is 1. The van der Waals surface area contributed by atoms with Gasteiger partial charge in [0.1, 0.15) is 18.1 Å². The lowest BCUT2D eigenvalue weighted by Crippen LogP contribution is -2.38. The number of carbonyl (C=O) groups excluding carboxylic acids is 1. The highest BCUT2D eigenvalue weighted by Crippen LogP contribution is 2.38. The molecule has 30 heavy (non-hydrogen) atoms. The minimum absolute atomic E-state index is 0.0209. The van der Waals surface area contributed by atoms with Gasteiger partial charge in [0.15, 0.2) is 11.5 Å². The Kier molecular flexibility index (Phi) is 7.79. The number of carbonyl (C=O) groups is 1. The fourth-order valence-corrected chi connectivity index (χ4v) is 3.80. The maximum Gasteiger partial charge on any atom is 0.234 e. The number of methoxy groups -OCH3 is 3. The zero-order valence-electron chi connectivity index (χ0n) is 17.8. The quantitative estimate of drug-likeness (QED) is 0.603. The molecular weight excluding hydrogens is 384 g/mol. The second-order valence-corrected chi connectivity index (χ2v) is 7.09. The third kappa shape index (κ3) is 5.36. The molecule has 0 aliphatic carbocycles. The van der Waals surface area contributed by atoms with Crippen molar-refractivity contribution in [3.05, 3.63) is 48.0 Å². The summed E-state index contributed by atoms with van der Waals surface area (Å²) in [6.07, 6.45) is 2.02. The Hall–Kier alpha value is -2.93. The number of amides is 1. The van der Waals surface area contributed by atoms with E-state index in [0.29, 0.717) is 31.2 Å². The average molecular weight is 415 g/mol. The lowest BCUT2D eigenvalue weighted by Gasteiger charge is -2.26. The number of likely N-dealkylation sites (tertiary alicyclic amines) is 1. The standard InChI is InChI=1S/C23H30N2O5/c1-27-17-10-11-20(28-2)18(15-17)19-7-6-13-25(19)16-23(26)24-12-14-30-22-9-5-4-8-21(22)29-3/h4-5,8-11,15,19H,6-7,12-14,16H2,1-3H3,(H,24,26)/t19-/m1/s1. The summed E-state index contributed by atoms with van der Waals surface area (Å²) < 4.78 is 21.9. The molecule has 7 nitrogen and oxygen atoms in total. The van der Waals surface area contributed by atoms with Crippen LogP contribution in [0.4, 0.5) is 0 Å². The van der Waals surface area contributed by atoms with Crippen molar-refractivity contribution in [3.8, 4) is 23.0 Å². The lowest BCUT2D eigenvalue weighted by atomic mass is 10.0. The Morgan fingerprint density at radius 2 is 1.80 bits per heavy atom. The monoisotopic (exact) mass is 414 g/mol. The zero-order valence-corrected chi connectivity index (χ0v) is 17.8. The molecule has 0 aromatic heterocycles. The number of nitrogens with zero attached hydrogens (tertiary/aromatic N) is 1. The van der Waals surface area contributed by atoms with E-state index in [2.05, 4.69) is 10.2 Å². The first-order valence-electron chi connectivity index (χ1n) is 10.1. The van der Waals surface area contributed by atoms with Crippen molar-refractivity contribution in [2.75, 3.05) is 47.6 Å². The zero-order chi connectivity index (χ0) is 21.3. The van der Waals surface area contributed by atoms with Crippen LogP contribution in [-0.4, -0.2) is 58.4 Å². The predicted molar refractivity (Wildman–Crippen MR) is 115 cm³/mol. The van der Waals surface area contributed by atoms with Gasteiger partial charge in [0, 0.05) is 11.6 Å². The summed E-state index contributed by atoms with van der Waals surface area (Å²) in [5.74, 6) is 2.93. The Bertz CT molecular complexity index is 842. The average Bonchev–Trinajstić information content (AvgIpc) is 3.24. The molecule has 2 aromatic carbocycles. The minimum Gasteiger partial charge on any atom is -0.497 e. The van der Waals surface area contributed by atoms with E-state index in [0.717, 1.165) is 36.4 Å². The van der Waals surface area contributed by atoms with Crippen molar-refractivity contribution < 1.29 is 23.7 Å². The van der Waals surface area contributed by atoms with Crippen LogP contribution < -0.4 is 24.3 Å². The van der Waals surface area contributed by atoms with Gasteiger partial charge in [-0.15, -0.1) is 0 Å². The Morgan fingerprint density at radius 3 is 2.53 bits per heavy atom. The maximum atomic E-state index is 12.5. The normalized spacial score (nSPS) is 16.2. The van der Waals surface area contributed by atoms with E-state index in [1.807, 2.05) is 42.5 Å². The van der Waals surface area contributed by atoms with E-state index in [4.69, 9.17) is 18.9 Å². The van der Waals surface area contributed by atoms with Crippen LogP contribution in [-0.2, 0) is 4.79 Å². The van der Waals surface area contributed by atoms with Crippen molar-refractivity contribution in [2.24, 2.45) is 0 Å². The first-order chi connectivity index (χ1) is 14.7. The molecule has 0 radical (unpaired) electrons. The van der Waals surface area contributed by atoms with Gasteiger partial charge in [0.25, 0.3) is 0 Å². The largest absolute Gasteiger partial charge is 0.497 e. The number of hydrogen-bond acceptors (Lipinski definition) is 6. The molecule has 1 heterocycles. The van der Waals surface area contributed by atoms with Crippen LogP contribution in [0.15, 0.2) is 42.5 Å². The Labute approximate surface area is 177 Å². The molecular formula is C23H30N2O5. The molecule has 1 saturated heterocycles. The van der Waals surface area contributed by atoms with Crippen LogP contribution in [0.25, 0.3) is 0 Å². The number of benzene rings is 2. The highest BCUT2D eigenvalue weighted by Gasteiger charge is 2.30. The molecule has 0 spiro atoms. The van der Waals surface area contributed by atoms with Gasteiger partial charge in [-0.05, 0) is 49.7 Å². The third-order valence-corrected chi connectivity index (χ3v) is 5.26. The number of para-hydroxylation sites is 2. The molecule has 3 rings (SSSR count). The summed E-state index contributed by atoms with van der Waals surface area (Å²) in [6, 6.07) is 13.4. The van der Waals surface area contributed by atoms with Crippen molar-refractivity contribution in [2.45, 2.75) is 18.9 Å². The summed E-state index contributed by atoms with van der Waals surface area (Å²) in [4.78, 5) is 14.7. The van der Waals surface area contributed by atoms with E-state index < -0.39 is 0 Å². The van der Waals surface area contributed by atoms with Gasteiger partial charge in [-0.2, -0.15) is 0 Å². The van der Waals surface area contributed by atoms with Crippen molar-refractivity contribution in [3.63, 3.8) is 0 Å². The van der Waals surface area contributed by atoms with E-state index in [-0.39, 0.29) is 11.9 Å². The van der Waals surface area contributed by atoms with Crippen molar-refractivity contribution in [1.29, 1.82) is 0 Å². The molecule has 1 fully saturated rings. The van der Waals surface area contributed by atoms with Crippen molar-refractivity contribution in [1.82, 2.24) is 10.2 Å². The van der Waals surface area contributed by atoms with Crippen LogP contribution >= 0.6 is 0 Å². The van der Waals surface area contributed by atoms with Gasteiger partial charge in [-0.3, -0.25) is 9.69 Å². The van der Waals surface area contributed by atoms with Crippen LogP contribution in [0.1, 0.15) is 24.4 Å². The summed E-state index contributed by atoms with van der Waals surface area (Å²) >= 11 is 0. The van der Waals surface area contributed by atoms with Gasteiger partial charge in [0.2, 0.25) is 5.91 Å². The molecule has 2 aromatic rings. The Balaban J connectivity index is 1.52. The van der Waals surface area contributed by atoms with Crippen LogP contribution in [0, 0.1) is 0 Å². The first-order valence-corrected chi connectivity index (χ1v) is 10.1. The molecule has 0 unspecified atom stereocenters. The Morgan fingerprint density at radius 1 is 1.03 bits per heavy atom. The van der Waals surface area contributed by atoms with Crippen LogP contribution in [0.3, 0.4) is 0 Å². The summed E-state index contributed by atoms with van der Waals surface area (Å²) in [7, 11) is 4.92. The molecule has 0 bridgehead atoms. The SMILES string of the molecule is COc1ccc(OC)c([C@H]2CCCN2CC(=O)NCCOc2ccccc2OC)c1. The van der Waals surface area contributed by atoms with E-state index >= 15 is 0 Å². The van der Waals surface area contributed by atoms with Crippen LogP contribution in [0.2, 0.25) is 0 Å². The van der Waals surface area contributed by atoms with E-state index in [1.54, 1.807) is 21.3 Å². The maximum absolute atomic E-state index is 12.5. The lowest BCUT2D eigenvalue weighted by molar-refractivity contribution is -0.122. The van der Waals surface area contributed by atoms with Crippen LogP contribution in [0.5, 0.6) is 23.0 Å². The van der Waals surface area contributed by atoms with Gasteiger partial charge >= 0.3 is 0 Å². The minimum atomic E-state index is -0.0209. The predicted octanol–water partition coefficient (Wildman–Crippen LogP) is 3.04. The van der Waals surface area contributed by atoms with Gasteiger partial charge in [-0.1, -0.05) is 12.1 Å². The van der Waals surface area contributed by atoms with E-state index in [9.17, 15) is 4.79 Å². The van der Waals surface area contributed by atoms with Crippen molar-refractivity contribution >= 4 is 5.91 Å². The molecule has 1 N–H and O–H groups in total. The number of ether oxygens (including phenoxy) is 4. The third-order valence-electron chi connectivity index (χ3n) is 5.26. The summed E-state index contributed by atoms with van der Waals surface area (Å²) in [5.41, 5.74) is 1.06. The van der Waals surface area contributed by atoms with Gasteiger partial charge < -0.3 is 24.3 Å². The number of rotatable bonds is 10. The summed E-state index contributed by atoms with van der Waals surface area (Å²) in [6.45, 7) is 2.01. The molecule has 1 aliphatic heterocycles. The fourth-order valence-electron chi connectivity index (χ4n) is 3.80. The van der Waals surface area contributed by atoms with Gasteiger partial charge in [-0.25, -0.2) is 0 Å². The smallest absolute Gasteiger partial charge is 0.234 e. The highest BCUT2D eigenvalue weighted by atomic mass is 16.5. The summed E-state index contributed by atoms with van der Waals surface area (Å²) in [5, 5.41) is 2.94. The molecule has 1 aliphatic rings. The topological polar surface area (TPSA) is 69.3 Å². The second kappa shape index (κ2) is 10.7. The second-order valence-electron chi connectivity index (χ2n) is 7.09. The molecule has 1 atom stereocenters. The van der Waals surface area contributed by atoms with E-state index in [1.165, 1.54) is 0 Å². The highest BCUT2D eigenvalue weighted by molar-refractivity contribution is 5.78. The molecule has 0 saturated carbocycles.